The number of nitrogens with zero attached hydrogens (tertiary/aromatic N) is 1. The molecule has 33 heavy (non-hydrogen) atoms. The molecule has 0 aromatic heterocycles. The Morgan fingerprint density at radius 1 is 0.970 bits per heavy atom. The van der Waals surface area contributed by atoms with E-state index in [2.05, 4.69) is 5.32 Å². The zero-order valence-corrected chi connectivity index (χ0v) is 18.4. The van der Waals surface area contributed by atoms with Crippen molar-refractivity contribution in [2.45, 2.75) is 17.6 Å². The van der Waals surface area contributed by atoms with Crippen molar-refractivity contribution >= 4 is 21.6 Å². The topological polar surface area (TPSA) is 75.7 Å². The van der Waals surface area contributed by atoms with Crippen LogP contribution in [0.2, 0.25) is 0 Å². The molecule has 0 aliphatic heterocycles. The predicted octanol–water partition coefficient (Wildman–Crippen LogP) is 4.23. The van der Waals surface area contributed by atoms with E-state index in [1.165, 1.54) is 37.4 Å². The van der Waals surface area contributed by atoms with Crippen molar-refractivity contribution in [3.63, 3.8) is 0 Å². The smallest absolute Gasteiger partial charge is 0.416 e. The maximum atomic E-state index is 13.2. The molecule has 0 unspecified atom stereocenters. The van der Waals surface area contributed by atoms with Crippen LogP contribution >= 0.6 is 0 Å². The molecule has 174 valence electrons. The fourth-order valence-electron chi connectivity index (χ4n) is 3.10. The molecular formula is C23H21F3N2O4S. The largest absolute Gasteiger partial charge is 0.496 e. The molecule has 6 nitrogen and oxygen atoms in total. The van der Waals surface area contributed by atoms with E-state index in [1.54, 1.807) is 30.3 Å². The second kappa shape index (κ2) is 9.95. The number of hydrogen-bond donors (Lipinski definition) is 1. The second-order valence-corrected chi connectivity index (χ2v) is 8.82. The second-order valence-electron chi connectivity index (χ2n) is 6.96. The zero-order valence-electron chi connectivity index (χ0n) is 17.5. The lowest BCUT2D eigenvalue weighted by atomic mass is 10.2. The molecule has 0 atom stereocenters. The SMILES string of the molecule is COc1ccccc1CNC(=O)CN(c1cccc(C(F)(F)F)c1)S(=O)(=O)c1ccccc1. The highest BCUT2D eigenvalue weighted by molar-refractivity contribution is 7.92. The summed E-state index contributed by atoms with van der Waals surface area (Å²) in [5, 5.41) is 2.60. The number of carbonyl (C=O) groups is 1. The molecule has 0 aliphatic carbocycles. The number of benzene rings is 3. The summed E-state index contributed by atoms with van der Waals surface area (Å²) in [7, 11) is -2.85. The first-order chi connectivity index (χ1) is 15.6. The highest BCUT2D eigenvalue weighted by Gasteiger charge is 2.33. The Balaban J connectivity index is 1.92. The van der Waals surface area contributed by atoms with Gasteiger partial charge in [-0.3, -0.25) is 9.10 Å². The van der Waals surface area contributed by atoms with Gasteiger partial charge < -0.3 is 10.1 Å². The molecule has 0 fully saturated rings. The van der Waals surface area contributed by atoms with Crippen LogP contribution in [0.5, 0.6) is 5.75 Å². The molecule has 3 aromatic rings. The summed E-state index contributed by atoms with van der Waals surface area (Å²) in [5.74, 6) is -0.165. The first kappa shape index (κ1) is 24.1. The quantitative estimate of drug-likeness (QED) is 0.526. The van der Waals surface area contributed by atoms with Crippen LogP contribution in [0.4, 0.5) is 18.9 Å². The molecule has 0 aliphatic rings. The Labute approximate surface area is 189 Å². The van der Waals surface area contributed by atoms with E-state index in [-0.39, 0.29) is 17.1 Å². The number of methoxy groups -OCH3 is 1. The van der Waals surface area contributed by atoms with E-state index >= 15 is 0 Å². The van der Waals surface area contributed by atoms with Crippen LogP contribution in [0.25, 0.3) is 0 Å². The lowest BCUT2D eigenvalue weighted by Gasteiger charge is -2.25. The number of amides is 1. The van der Waals surface area contributed by atoms with Crippen molar-refractivity contribution in [3.05, 3.63) is 90.0 Å². The van der Waals surface area contributed by atoms with E-state index in [0.29, 0.717) is 21.7 Å². The van der Waals surface area contributed by atoms with Crippen molar-refractivity contribution < 1.29 is 31.1 Å². The van der Waals surface area contributed by atoms with E-state index in [4.69, 9.17) is 4.74 Å². The Morgan fingerprint density at radius 2 is 1.64 bits per heavy atom. The summed E-state index contributed by atoms with van der Waals surface area (Å²) in [4.78, 5) is 12.5. The standard InChI is InChI=1S/C23H21F3N2O4S/c1-32-21-13-6-5-8-17(21)15-27-22(29)16-28(33(30,31)20-11-3-2-4-12-20)19-10-7-9-18(14-19)23(24,25)26/h2-14H,15-16H2,1H3,(H,27,29). The number of sulfonamides is 1. The van der Waals surface area contributed by atoms with Gasteiger partial charge in [0.15, 0.2) is 0 Å². The third-order valence-corrected chi connectivity index (χ3v) is 6.54. The average molecular weight is 478 g/mol. The van der Waals surface area contributed by atoms with Crippen LogP contribution in [0.15, 0.2) is 83.8 Å². The minimum Gasteiger partial charge on any atom is -0.496 e. The number of nitrogens with one attached hydrogen (secondary N) is 1. The van der Waals surface area contributed by atoms with Gasteiger partial charge in [0.2, 0.25) is 5.91 Å². The van der Waals surface area contributed by atoms with E-state index in [1.807, 2.05) is 0 Å². The molecule has 0 spiro atoms. The highest BCUT2D eigenvalue weighted by Crippen LogP contribution is 2.33. The molecule has 0 saturated heterocycles. The first-order valence-electron chi connectivity index (χ1n) is 9.76. The maximum Gasteiger partial charge on any atom is 0.416 e. The molecule has 0 saturated carbocycles. The Kier molecular flexibility index (Phi) is 7.27. The number of carbonyl (C=O) groups excluding carboxylic acids is 1. The molecular weight excluding hydrogens is 457 g/mol. The molecule has 0 bridgehead atoms. The predicted molar refractivity (Wildman–Crippen MR) is 117 cm³/mol. The summed E-state index contributed by atoms with van der Waals surface area (Å²) in [5.41, 5.74) is -0.645. The van der Waals surface area contributed by atoms with Gasteiger partial charge in [-0.05, 0) is 36.4 Å². The Morgan fingerprint density at radius 3 is 2.30 bits per heavy atom. The van der Waals surface area contributed by atoms with E-state index in [0.717, 1.165) is 12.1 Å². The van der Waals surface area contributed by atoms with Crippen LogP contribution in [-0.4, -0.2) is 28.0 Å². The monoisotopic (exact) mass is 478 g/mol. The molecule has 10 heteroatoms. The lowest BCUT2D eigenvalue weighted by Crippen LogP contribution is -2.40. The van der Waals surface area contributed by atoms with Gasteiger partial charge in [0, 0.05) is 12.1 Å². The van der Waals surface area contributed by atoms with Gasteiger partial charge in [0.1, 0.15) is 12.3 Å². The third kappa shape index (κ3) is 5.83. The number of anilines is 1. The fraction of sp³-hybridized carbons (Fsp3) is 0.174. The summed E-state index contributed by atoms with van der Waals surface area (Å²) in [6.07, 6.45) is -4.68. The molecule has 3 rings (SSSR count). The zero-order chi connectivity index (χ0) is 24.1. The number of para-hydroxylation sites is 1. The summed E-state index contributed by atoms with van der Waals surface area (Å²) < 4.78 is 72.1. The van der Waals surface area contributed by atoms with Crippen molar-refractivity contribution in [1.82, 2.24) is 5.32 Å². The van der Waals surface area contributed by atoms with Crippen LogP contribution < -0.4 is 14.4 Å². The van der Waals surface area contributed by atoms with Gasteiger partial charge in [0.05, 0.1) is 23.3 Å². The highest BCUT2D eigenvalue weighted by atomic mass is 32.2. The van der Waals surface area contributed by atoms with Crippen LogP contribution in [-0.2, 0) is 27.5 Å². The third-order valence-electron chi connectivity index (χ3n) is 4.75. The van der Waals surface area contributed by atoms with Gasteiger partial charge in [-0.1, -0.05) is 42.5 Å². The summed E-state index contributed by atoms with van der Waals surface area (Å²) in [6.45, 7) is -0.668. The van der Waals surface area contributed by atoms with E-state index < -0.39 is 34.2 Å². The van der Waals surface area contributed by atoms with Crippen molar-refractivity contribution in [2.75, 3.05) is 18.0 Å². The lowest BCUT2D eigenvalue weighted by molar-refractivity contribution is -0.137. The van der Waals surface area contributed by atoms with Gasteiger partial charge in [-0.2, -0.15) is 13.2 Å². The van der Waals surface area contributed by atoms with Gasteiger partial charge in [-0.25, -0.2) is 8.42 Å². The number of halogens is 3. The van der Waals surface area contributed by atoms with Gasteiger partial charge in [-0.15, -0.1) is 0 Å². The van der Waals surface area contributed by atoms with Crippen LogP contribution in [0.3, 0.4) is 0 Å². The fourth-order valence-corrected chi connectivity index (χ4v) is 4.54. The van der Waals surface area contributed by atoms with Crippen LogP contribution in [0.1, 0.15) is 11.1 Å². The average Bonchev–Trinajstić information content (AvgIpc) is 2.81. The van der Waals surface area contributed by atoms with Crippen molar-refractivity contribution in [1.29, 1.82) is 0 Å². The van der Waals surface area contributed by atoms with Crippen molar-refractivity contribution in [3.8, 4) is 5.75 Å². The summed E-state index contributed by atoms with van der Waals surface area (Å²) >= 11 is 0. The molecule has 1 N–H and O–H groups in total. The molecule has 0 radical (unpaired) electrons. The van der Waals surface area contributed by atoms with Crippen molar-refractivity contribution in [2.24, 2.45) is 0 Å². The Bertz CT molecular complexity index is 1220. The minimum atomic E-state index is -4.68. The van der Waals surface area contributed by atoms with Gasteiger partial charge in [0.25, 0.3) is 10.0 Å². The molecule has 3 aromatic carbocycles. The summed E-state index contributed by atoms with van der Waals surface area (Å²) in [6, 6.07) is 18.0. The minimum absolute atomic E-state index is 0.0463. The van der Waals surface area contributed by atoms with Crippen LogP contribution in [0, 0.1) is 0 Å². The Hall–Kier alpha value is -3.53. The number of rotatable bonds is 8. The first-order valence-corrected chi connectivity index (χ1v) is 11.2. The number of ether oxygens (including phenoxy) is 1. The number of hydrogen-bond acceptors (Lipinski definition) is 4. The normalized spacial score (nSPS) is 11.6. The number of alkyl halides is 3. The van der Waals surface area contributed by atoms with E-state index in [9.17, 15) is 26.4 Å². The molecule has 1 amide bonds. The van der Waals surface area contributed by atoms with Gasteiger partial charge >= 0.3 is 6.18 Å². The molecule has 0 heterocycles. The maximum absolute atomic E-state index is 13.2.